The molecule has 5 rings (SSSR count). The maximum absolute atomic E-state index is 13.4. The van der Waals surface area contributed by atoms with Crippen molar-refractivity contribution in [2.45, 2.75) is 64.6 Å². The molecule has 2 atom stereocenters. The van der Waals surface area contributed by atoms with Crippen LogP contribution in [0.2, 0.25) is 0 Å². The summed E-state index contributed by atoms with van der Waals surface area (Å²) in [6.45, 7) is 4.17. The van der Waals surface area contributed by atoms with Crippen molar-refractivity contribution in [1.82, 2.24) is 0 Å². The van der Waals surface area contributed by atoms with Gasteiger partial charge in [0.15, 0.2) is 6.10 Å². The van der Waals surface area contributed by atoms with E-state index in [9.17, 15) is 14.4 Å². The van der Waals surface area contributed by atoms with Gasteiger partial charge in [0.25, 0.3) is 0 Å². The number of carbonyl (C=O) groups is 3. The van der Waals surface area contributed by atoms with Crippen molar-refractivity contribution in [3.63, 3.8) is 0 Å². The molecule has 0 heterocycles. The largest absolute Gasteiger partial charge is 0.478 e. The molecule has 0 saturated carbocycles. The molecule has 0 aromatic heterocycles. The van der Waals surface area contributed by atoms with Crippen LogP contribution in [0.1, 0.15) is 95.1 Å². The second-order valence-corrected chi connectivity index (χ2v) is 11.9. The number of Topliss-reactive ketones (excluding diaryl/α,β-unsaturated/α-hetero) is 1. The molecule has 0 aliphatic heterocycles. The van der Waals surface area contributed by atoms with Crippen molar-refractivity contribution < 1.29 is 28.6 Å². The average molecular weight is 655 g/mol. The number of ketones is 1. The third kappa shape index (κ3) is 9.54. The van der Waals surface area contributed by atoms with E-state index in [0.717, 1.165) is 48.8 Å². The smallest absolute Gasteiger partial charge is 0.343 e. The topological polar surface area (TPSA) is 78.9 Å². The number of benzene rings is 5. The van der Waals surface area contributed by atoms with E-state index in [1.165, 1.54) is 6.42 Å². The predicted molar refractivity (Wildman–Crippen MR) is 192 cm³/mol. The van der Waals surface area contributed by atoms with Crippen molar-refractivity contribution in [3.8, 4) is 22.6 Å². The molecule has 250 valence electrons. The van der Waals surface area contributed by atoms with Gasteiger partial charge in [0, 0.05) is 11.1 Å². The predicted octanol–water partition coefficient (Wildman–Crippen LogP) is 10.5. The van der Waals surface area contributed by atoms with E-state index in [0.29, 0.717) is 16.9 Å². The molecule has 0 aliphatic rings. The van der Waals surface area contributed by atoms with Gasteiger partial charge in [0.1, 0.15) is 23.2 Å². The summed E-state index contributed by atoms with van der Waals surface area (Å²) in [7, 11) is 0. The Kier molecular flexibility index (Phi) is 12.5. The highest BCUT2D eigenvalue weighted by Crippen LogP contribution is 2.29. The van der Waals surface area contributed by atoms with Gasteiger partial charge in [-0.3, -0.25) is 4.79 Å². The van der Waals surface area contributed by atoms with Gasteiger partial charge in [-0.2, -0.15) is 0 Å². The van der Waals surface area contributed by atoms with E-state index in [-0.39, 0.29) is 23.2 Å². The summed E-state index contributed by atoms with van der Waals surface area (Å²) in [6, 6.07) is 39.8. The highest BCUT2D eigenvalue weighted by atomic mass is 16.6. The van der Waals surface area contributed by atoms with Gasteiger partial charge in [-0.1, -0.05) is 130 Å². The average Bonchev–Trinajstić information content (AvgIpc) is 3.16. The van der Waals surface area contributed by atoms with E-state index >= 15 is 0 Å². The molecule has 0 fully saturated rings. The zero-order chi connectivity index (χ0) is 34.4. The monoisotopic (exact) mass is 654 g/mol. The first-order valence-corrected chi connectivity index (χ1v) is 17.0. The lowest BCUT2D eigenvalue weighted by Gasteiger charge is -2.19. The summed E-state index contributed by atoms with van der Waals surface area (Å²) in [6.07, 6.45) is 5.01. The first kappa shape index (κ1) is 34.8. The second kappa shape index (κ2) is 17.6. The normalized spacial score (nSPS) is 12.0. The van der Waals surface area contributed by atoms with Crippen LogP contribution in [0.4, 0.5) is 0 Å². The standard InChI is InChI=1S/C43H42O6/c1-3-5-6-13-20-36(4-2)48-43(46)38-21-14-15-22-39(38)49-42(45)35-25-23-31(24-26-35)32-27-29-37(30-28-32)47-41(34-18-11-8-12-19-34)40(44)33-16-9-7-10-17-33/h7-12,14-19,21-30,36,41H,3-6,13,20H2,1-2H3. The molecule has 0 spiro atoms. The quantitative estimate of drug-likeness (QED) is 0.0456. The van der Waals surface area contributed by atoms with Crippen LogP contribution in [0, 0.1) is 0 Å². The lowest BCUT2D eigenvalue weighted by atomic mass is 9.99. The molecule has 0 N–H and O–H groups in total. The number of carbonyl (C=O) groups excluding carboxylic acids is 3. The molecule has 0 bridgehead atoms. The van der Waals surface area contributed by atoms with Crippen LogP contribution >= 0.6 is 0 Å². The Hall–Kier alpha value is -5.49. The fourth-order valence-corrected chi connectivity index (χ4v) is 5.56. The van der Waals surface area contributed by atoms with Gasteiger partial charge in [0.2, 0.25) is 5.78 Å². The molecule has 0 radical (unpaired) electrons. The summed E-state index contributed by atoms with van der Waals surface area (Å²) >= 11 is 0. The number of esters is 2. The van der Waals surface area contributed by atoms with Crippen LogP contribution in [0.3, 0.4) is 0 Å². The Labute approximate surface area is 288 Å². The van der Waals surface area contributed by atoms with Crippen LogP contribution in [-0.2, 0) is 4.74 Å². The summed E-state index contributed by atoms with van der Waals surface area (Å²) in [4.78, 5) is 39.6. The third-order valence-electron chi connectivity index (χ3n) is 8.38. The Morgan fingerprint density at radius 1 is 0.592 bits per heavy atom. The molecule has 6 nitrogen and oxygen atoms in total. The Balaban J connectivity index is 1.23. The van der Waals surface area contributed by atoms with Gasteiger partial charge in [-0.25, -0.2) is 9.59 Å². The maximum atomic E-state index is 13.4. The molecule has 0 amide bonds. The highest BCUT2D eigenvalue weighted by Gasteiger charge is 2.24. The maximum Gasteiger partial charge on any atom is 0.343 e. The van der Waals surface area contributed by atoms with Crippen LogP contribution in [0.5, 0.6) is 11.5 Å². The fraction of sp³-hybridized carbons (Fsp3) is 0.233. The molecule has 0 saturated heterocycles. The molecule has 2 unspecified atom stereocenters. The Bertz CT molecular complexity index is 1800. The number of para-hydroxylation sites is 1. The molecule has 5 aromatic rings. The summed E-state index contributed by atoms with van der Waals surface area (Å²) in [5.41, 5.74) is 3.71. The highest BCUT2D eigenvalue weighted by molar-refractivity contribution is 6.00. The van der Waals surface area contributed by atoms with E-state index < -0.39 is 18.0 Å². The number of hydrogen-bond acceptors (Lipinski definition) is 6. The van der Waals surface area contributed by atoms with Gasteiger partial charge in [0.05, 0.1) is 5.56 Å². The van der Waals surface area contributed by atoms with Crippen molar-refractivity contribution >= 4 is 17.7 Å². The Morgan fingerprint density at radius 2 is 1.20 bits per heavy atom. The van der Waals surface area contributed by atoms with Crippen molar-refractivity contribution in [2.24, 2.45) is 0 Å². The van der Waals surface area contributed by atoms with Crippen molar-refractivity contribution in [3.05, 3.63) is 156 Å². The molecular formula is C43H42O6. The van der Waals surface area contributed by atoms with Crippen LogP contribution in [0.15, 0.2) is 133 Å². The third-order valence-corrected chi connectivity index (χ3v) is 8.38. The van der Waals surface area contributed by atoms with Crippen LogP contribution in [-0.4, -0.2) is 23.8 Å². The fourth-order valence-electron chi connectivity index (χ4n) is 5.56. The number of rotatable bonds is 16. The van der Waals surface area contributed by atoms with Crippen LogP contribution in [0.25, 0.3) is 11.1 Å². The Morgan fingerprint density at radius 3 is 1.86 bits per heavy atom. The van der Waals surface area contributed by atoms with Crippen molar-refractivity contribution in [2.75, 3.05) is 0 Å². The minimum absolute atomic E-state index is 0.124. The number of unbranched alkanes of at least 4 members (excludes halogenated alkanes) is 3. The molecule has 0 aliphatic carbocycles. The SMILES string of the molecule is CCCCCCC(CC)OC(=O)c1ccccc1OC(=O)c1ccc(-c2ccc(OC(C(=O)c3ccccc3)c3ccccc3)cc2)cc1. The van der Waals surface area contributed by atoms with E-state index in [4.69, 9.17) is 14.2 Å². The number of ether oxygens (including phenoxy) is 3. The zero-order valence-electron chi connectivity index (χ0n) is 28.0. The lowest BCUT2D eigenvalue weighted by molar-refractivity contribution is 0.0263. The zero-order valence-corrected chi connectivity index (χ0v) is 28.0. The lowest BCUT2D eigenvalue weighted by Crippen LogP contribution is -2.19. The van der Waals surface area contributed by atoms with Gasteiger partial charge >= 0.3 is 11.9 Å². The second-order valence-electron chi connectivity index (χ2n) is 11.9. The summed E-state index contributed by atoms with van der Waals surface area (Å²) in [5.74, 6) is -0.468. The summed E-state index contributed by atoms with van der Waals surface area (Å²) in [5, 5.41) is 0. The van der Waals surface area contributed by atoms with Gasteiger partial charge < -0.3 is 14.2 Å². The van der Waals surface area contributed by atoms with Crippen LogP contribution < -0.4 is 9.47 Å². The van der Waals surface area contributed by atoms with E-state index in [1.807, 2.05) is 91.9 Å². The van der Waals surface area contributed by atoms with Gasteiger partial charge in [-0.15, -0.1) is 0 Å². The van der Waals surface area contributed by atoms with Crippen molar-refractivity contribution in [1.29, 1.82) is 0 Å². The minimum atomic E-state index is -0.796. The number of hydrogen-bond donors (Lipinski definition) is 0. The minimum Gasteiger partial charge on any atom is -0.478 e. The molecule has 49 heavy (non-hydrogen) atoms. The molecule has 5 aromatic carbocycles. The molecular weight excluding hydrogens is 612 g/mol. The van der Waals surface area contributed by atoms with Gasteiger partial charge in [-0.05, 0) is 66.8 Å². The first-order valence-electron chi connectivity index (χ1n) is 17.0. The van der Waals surface area contributed by atoms with E-state index in [2.05, 4.69) is 6.92 Å². The first-order chi connectivity index (χ1) is 24.0. The summed E-state index contributed by atoms with van der Waals surface area (Å²) < 4.78 is 17.7. The molecule has 6 heteroatoms. The van der Waals surface area contributed by atoms with E-state index in [1.54, 1.807) is 48.5 Å².